The third-order valence-corrected chi connectivity index (χ3v) is 13.0. The summed E-state index contributed by atoms with van der Waals surface area (Å²) in [5, 5.41) is 8.58. The lowest BCUT2D eigenvalue weighted by Crippen LogP contribution is -2.05. The van der Waals surface area contributed by atoms with E-state index >= 15 is 0 Å². The Hall–Kier alpha value is -6.62. The molecule has 3 heterocycles. The summed E-state index contributed by atoms with van der Waals surface area (Å²) in [7, 11) is 0. The van der Waals surface area contributed by atoms with Crippen LogP contribution in [0.2, 0.25) is 0 Å². The molecule has 3 aromatic heterocycles. The van der Waals surface area contributed by atoms with Crippen molar-refractivity contribution >= 4 is 75.0 Å². The molecular formula is C49H27N3S. The van der Waals surface area contributed by atoms with E-state index in [0.29, 0.717) is 5.95 Å². The van der Waals surface area contributed by atoms with Gasteiger partial charge in [-0.2, -0.15) is 0 Å². The smallest absolute Gasteiger partial charge is 0.235 e. The lowest BCUT2D eigenvalue weighted by atomic mass is 9.86. The highest BCUT2D eigenvalue weighted by molar-refractivity contribution is 7.26. The van der Waals surface area contributed by atoms with Crippen molar-refractivity contribution in [2.75, 3.05) is 0 Å². The van der Waals surface area contributed by atoms with E-state index in [-0.39, 0.29) is 5.92 Å². The molecule has 4 heteroatoms. The Kier molecular flexibility index (Phi) is 5.31. The molecule has 53 heavy (non-hydrogen) atoms. The van der Waals surface area contributed by atoms with Gasteiger partial charge in [0.15, 0.2) is 0 Å². The van der Waals surface area contributed by atoms with Crippen molar-refractivity contribution in [1.82, 2.24) is 14.5 Å². The molecule has 0 amide bonds. The van der Waals surface area contributed by atoms with E-state index in [1.54, 1.807) is 0 Å². The first-order chi connectivity index (χ1) is 26.3. The fraction of sp³-hybridized carbons (Fsp3) is 0.0204. The van der Waals surface area contributed by atoms with Crippen molar-refractivity contribution in [3.8, 4) is 39.5 Å². The van der Waals surface area contributed by atoms with Gasteiger partial charge in [-0.25, -0.2) is 9.97 Å². The largest absolute Gasteiger partial charge is 0.278 e. The molecule has 1 atom stereocenters. The van der Waals surface area contributed by atoms with E-state index in [9.17, 15) is 0 Å². The van der Waals surface area contributed by atoms with Crippen LogP contribution in [0.15, 0.2) is 158 Å². The van der Waals surface area contributed by atoms with Gasteiger partial charge in [0.05, 0.1) is 22.2 Å². The number of hydrogen-bond donors (Lipinski definition) is 0. The summed E-state index contributed by atoms with van der Waals surface area (Å²) in [6.07, 6.45) is 0. The molecule has 8 aromatic carbocycles. The van der Waals surface area contributed by atoms with Crippen LogP contribution in [0.4, 0.5) is 0 Å². The Morgan fingerprint density at radius 3 is 2.21 bits per heavy atom. The maximum Gasteiger partial charge on any atom is 0.235 e. The molecule has 0 N–H and O–H groups in total. The number of hydrogen-bond acceptors (Lipinski definition) is 3. The van der Waals surface area contributed by atoms with Crippen LogP contribution in [0.3, 0.4) is 0 Å². The average molecular weight is 690 g/mol. The lowest BCUT2D eigenvalue weighted by Gasteiger charge is -2.18. The van der Waals surface area contributed by atoms with Gasteiger partial charge >= 0.3 is 0 Å². The zero-order valence-electron chi connectivity index (χ0n) is 28.3. The predicted octanol–water partition coefficient (Wildman–Crippen LogP) is 13.1. The van der Waals surface area contributed by atoms with Gasteiger partial charge in [-0.15, -0.1) is 11.3 Å². The molecule has 11 aromatic rings. The standard InChI is InChI=1S/C49H27N3S/c1-2-13-28(14-3-1)47-43-29-15-5-4-12-27(29)24-25-37(43)50-49(51-47)52-38-22-11-21-34-41-32-18-7-6-16-30(32)33-19-10-20-35(42(33)41)45-46(44(34)38)39(52)26-36-31-17-8-9-23-40(31)53-48(36)45/h1-26,41H. The van der Waals surface area contributed by atoms with E-state index in [1.165, 1.54) is 75.3 Å². The van der Waals surface area contributed by atoms with Gasteiger partial charge in [-0.05, 0) is 68.4 Å². The van der Waals surface area contributed by atoms with Crippen LogP contribution in [-0.4, -0.2) is 14.5 Å². The Bertz CT molecular complexity index is 3410. The third-order valence-electron chi connectivity index (χ3n) is 11.8. The maximum absolute atomic E-state index is 5.58. The van der Waals surface area contributed by atoms with Crippen molar-refractivity contribution in [3.05, 3.63) is 174 Å². The van der Waals surface area contributed by atoms with Crippen LogP contribution in [-0.2, 0) is 0 Å². The highest BCUT2D eigenvalue weighted by atomic mass is 32.1. The summed E-state index contributed by atoms with van der Waals surface area (Å²) in [4.78, 5) is 11.1. The second kappa shape index (κ2) is 10.0. The molecular weight excluding hydrogens is 663 g/mol. The van der Waals surface area contributed by atoms with Crippen LogP contribution in [0.1, 0.15) is 22.6 Å². The fourth-order valence-electron chi connectivity index (χ4n) is 9.73. The molecule has 13 rings (SSSR count). The Balaban J connectivity index is 1.25. The molecule has 1 unspecified atom stereocenters. The van der Waals surface area contributed by atoms with Crippen LogP contribution < -0.4 is 0 Å². The lowest BCUT2D eigenvalue weighted by molar-refractivity contribution is 1.01. The number of fused-ring (bicyclic) bond motifs is 12. The van der Waals surface area contributed by atoms with Crippen molar-refractivity contribution < 1.29 is 0 Å². The minimum absolute atomic E-state index is 0.126. The first kappa shape index (κ1) is 28.0. The number of nitrogens with zero attached hydrogens (tertiary/aromatic N) is 3. The third kappa shape index (κ3) is 3.54. The Labute approximate surface area is 308 Å². The number of rotatable bonds is 2. The molecule has 0 aliphatic heterocycles. The van der Waals surface area contributed by atoms with Crippen LogP contribution in [0.25, 0.3) is 103 Å². The summed E-state index contributed by atoms with van der Waals surface area (Å²) in [5.74, 6) is 0.815. The van der Waals surface area contributed by atoms with Gasteiger partial charge in [0, 0.05) is 53.4 Å². The summed E-state index contributed by atoms with van der Waals surface area (Å²) in [5.41, 5.74) is 14.7. The van der Waals surface area contributed by atoms with E-state index < -0.39 is 0 Å². The maximum atomic E-state index is 5.58. The predicted molar refractivity (Wildman–Crippen MR) is 222 cm³/mol. The van der Waals surface area contributed by atoms with Crippen LogP contribution in [0.5, 0.6) is 0 Å². The normalized spacial score (nSPS) is 14.2. The van der Waals surface area contributed by atoms with Gasteiger partial charge < -0.3 is 0 Å². The highest BCUT2D eigenvalue weighted by Crippen LogP contribution is 2.59. The summed E-state index contributed by atoms with van der Waals surface area (Å²) < 4.78 is 5.01. The number of aromatic nitrogens is 3. The van der Waals surface area contributed by atoms with E-state index in [0.717, 1.165) is 38.6 Å². The Morgan fingerprint density at radius 1 is 0.509 bits per heavy atom. The van der Waals surface area contributed by atoms with E-state index in [1.807, 2.05) is 11.3 Å². The van der Waals surface area contributed by atoms with Gasteiger partial charge in [0.1, 0.15) is 0 Å². The molecule has 2 aliphatic rings. The molecule has 0 radical (unpaired) electrons. The van der Waals surface area contributed by atoms with Crippen LogP contribution in [0, 0.1) is 0 Å². The van der Waals surface area contributed by atoms with E-state index in [2.05, 4.69) is 162 Å². The molecule has 0 saturated heterocycles. The molecule has 0 bridgehead atoms. The van der Waals surface area contributed by atoms with Crippen LogP contribution >= 0.6 is 11.3 Å². The first-order valence-corrected chi connectivity index (χ1v) is 19.0. The topological polar surface area (TPSA) is 30.7 Å². The number of benzene rings is 8. The van der Waals surface area contributed by atoms with E-state index in [4.69, 9.17) is 9.97 Å². The van der Waals surface area contributed by atoms with Gasteiger partial charge in [0.25, 0.3) is 0 Å². The van der Waals surface area contributed by atoms with Crippen molar-refractivity contribution in [2.45, 2.75) is 5.92 Å². The highest BCUT2D eigenvalue weighted by Gasteiger charge is 2.38. The molecule has 244 valence electrons. The Morgan fingerprint density at radius 2 is 1.26 bits per heavy atom. The monoisotopic (exact) mass is 689 g/mol. The van der Waals surface area contributed by atoms with Gasteiger partial charge in [-0.3, -0.25) is 4.57 Å². The van der Waals surface area contributed by atoms with Crippen molar-refractivity contribution in [3.63, 3.8) is 0 Å². The van der Waals surface area contributed by atoms with Crippen molar-refractivity contribution in [2.24, 2.45) is 0 Å². The molecule has 2 aliphatic carbocycles. The first-order valence-electron chi connectivity index (χ1n) is 18.2. The molecule has 3 nitrogen and oxygen atoms in total. The second-order valence-corrected chi connectivity index (χ2v) is 15.5. The quantitative estimate of drug-likeness (QED) is 0.169. The molecule has 0 spiro atoms. The summed E-state index contributed by atoms with van der Waals surface area (Å²) in [6.45, 7) is 0. The number of thiophene rings is 1. The summed E-state index contributed by atoms with van der Waals surface area (Å²) >= 11 is 1.92. The zero-order valence-corrected chi connectivity index (χ0v) is 29.2. The minimum atomic E-state index is 0.126. The average Bonchev–Trinajstić information content (AvgIpc) is 3.84. The fourth-order valence-corrected chi connectivity index (χ4v) is 11.0. The SMILES string of the molecule is c1ccc(-c2nc(-n3c4cccc5c4c4c(c6sc7ccccc7c6cc43)-c3cccc4c3C5c3ccccc3-4)nc3ccc4ccccc4c23)cc1. The van der Waals surface area contributed by atoms with Gasteiger partial charge in [-0.1, -0.05) is 133 Å². The molecule has 0 fully saturated rings. The zero-order chi connectivity index (χ0) is 34.4. The molecule has 0 saturated carbocycles. The summed E-state index contributed by atoms with van der Waals surface area (Å²) in [6, 6.07) is 57.7. The van der Waals surface area contributed by atoms with Gasteiger partial charge in [0.2, 0.25) is 5.95 Å². The van der Waals surface area contributed by atoms with Crippen molar-refractivity contribution in [1.29, 1.82) is 0 Å². The minimum Gasteiger partial charge on any atom is -0.278 e. The second-order valence-electron chi connectivity index (χ2n) is 14.4.